The summed E-state index contributed by atoms with van der Waals surface area (Å²) >= 11 is 1.48. The molecule has 1 aliphatic heterocycles. The highest BCUT2D eigenvalue weighted by Gasteiger charge is 2.23. The van der Waals surface area contributed by atoms with Gasteiger partial charge < -0.3 is 13.6 Å². The molecule has 1 saturated heterocycles. The van der Waals surface area contributed by atoms with E-state index in [0.717, 1.165) is 41.9 Å². The predicted molar refractivity (Wildman–Crippen MR) is 131 cm³/mol. The second kappa shape index (κ2) is 8.77. The molecule has 1 fully saturated rings. The third-order valence-corrected chi connectivity index (χ3v) is 7.10. The highest BCUT2D eigenvalue weighted by molar-refractivity contribution is 7.98. The normalized spacial score (nSPS) is 16.1. The van der Waals surface area contributed by atoms with Crippen molar-refractivity contribution in [2.75, 3.05) is 6.61 Å². The van der Waals surface area contributed by atoms with E-state index in [0.29, 0.717) is 34.4 Å². The molecule has 1 aliphatic rings. The van der Waals surface area contributed by atoms with Gasteiger partial charge in [-0.3, -0.25) is 9.36 Å². The summed E-state index contributed by atoms with van der Waals surface area (Å²) in [6.45, 7) is 3.09. The van der Waals surface area contributed by atoms with Crippen LogP contribution in [0.2, 0.25) is 0 Å². The van der Waals surface area contributed by atoms with E-state index in [9.17, 15) is 4.79 Å². The van der Waals surface area contributed by atoms with Crippen LogP contribution in [0.25, 0.3) is 33.5 Å². The average Bonchev–Trinajstić information content (AvgIpc) is 3.60. The molecule has 3 aromatic heterocycles. The van der Waals surface area contributed by atoms with Gasteiger partial charge in [-0.1, -0.05) is 42.1 Å². The highest BCUT2D eigenvalue weighted by atomic mass is 32.2. The lowest BCUT2D eigenvalue weighted by molar-refractivity contribution is 0.0937. The minimum Gasteiger partial charge on any atom is -0.448 e. The molecular weight excluding hydrogens is 450 g/mol. The van der Waals surface area contributed by atoms with Crippen LogP contribution in [0.4, 0.5) is 0 Å². The summed E-state index contributed by atoms with van der Waals surface area (Å²) in [6.07, 6.45) is 1.93. The lowest BCUT2D eigenvalue weighted by Crippen LogP contribution is -2.28. The molecule has 0 N–H and O–H groups in total. The number of rotatable bonds is 6. The Balaban J connectivity index is 1.38. The van der Waals surface area contributed by atoms with Gasteiger partial charge in [0.25, 0.3) is 5.56 Å². The van der Waals surface area contributed by atoms with Gasteiger partial charge in [0, 0.05) is 23.3 Å². The average molecular weight is 474 g/mol. The molecule has 0 spiro atoms. The number of para-hydroxylation sites is 1. The fraction of sp³-hybridized carbons (Fsp3) is 0.269. The monoisotopic (exact) mass is 473 g/mol. The Kier molecular flexibility index (Phi) is 5.47. The summed E-state index contributed by atoms with van der Waals surface area (Å²) in [5.74, 6) is 1.88. The molecule has 2 aromatic carbocycles. The van der Waals surface area contributed by atoms with E-state index in [-0.39, 0.29) is 17.2 Å². The van der Waals surface area contributed by atoms with Crippen LogP contribution in [0.3, 0.4) is 0 Å². The summed E-state index contributed by atoms with van der Waals surface area (Å²) in [4.78, 5) is 23.1. The van der Waals surface area contributed by atoms with E-state index in [2.05, 4.69) is 0 Å². The molecule has 7 nitrogen and oxygen atoms in total. The third-order valence-electron chi connectivity index (χ3n) is 6.11. The standard InChI is InChI=1S/C26H23N3O4S/c1-16-20(27-24(32-16)17-8-3-2-4-9-17)15-34-26-28-22-19-11-5-6-12-21(19)33-23(22)25(30)29(26)14-18-10-7-13-31-18/h2-6,8-9,11-12,18H,7,10,13-15H2,1H3/t18-/m0/s1. The van der Waals surface area contributed by atoms with Crippen molar-refractivity contribution < 1.29 is 13.6 Å². The number of aromatic nitrogens is 3. The van der Waals surface area contributed by atoms with Gasteiger partial charge in [0.05, 0.1) is 18.3 Å². The van der Waals surface area contributed by atoms with Crippen molar-refractivity contribution in [3.05, 3.63) is 76.4 Å². The van der Waals surface area contributed by atoms with Gasteiger partial charge in [0.15, 0.2) is 5.16 Å². The number of nitrogens with zero attached hydrogens (tertiary/aromatic N) is 3. The van der Waals surface area contributed by atoms with Gasteiger partial charge in [-0.25, -0.2) is 9.97 Å². The first kappa shape index (κ1) is 21.2. The fourth-order valence-corrected chi connectivity index (χ4v) is 5.32. The number of hydrogen-bond donors (Lipinski definition) is 0. The summed E-state index contributed by atoms with van der Waals surface area (Å²) < 4.78 is 19.3. The molecule has 1 atom stereocenters. The maximum Gasteiger partial charge on any atom is 0.297 e. The van der Waals surface area contributed by atoms with Gasteiger partial charge in [0.1, 0.15) is 16.9 Å². The predicted octanol–water partition coefficient (Wildman–Crippen LogP) is 5.58. The van der Waals surface area contributed by atoms with E-state index in [1.807, 2.05) is 61.5 Å². The fourth-order valence-electron chi connectivity index (χ4n) is 4.32. The summed E-state index contributed by atoms with van der Waals surface area (Å²) in [5, 5.41) is 1.47. The van der Waals surface area contributed by atoms with E-state index < -0.39 is 0 Å². The Morgan fingerprint density at radius 1 is 1.06 bits per heavy atom. The molecule has 0 amide bonds. The Hall–Kier alpha value is -3.36. The van der Waals surface area contributed by atoms with Gasteiger partial charge in [-0.15, -0.1) is 0 Å². The van der Waals surface area contributed by atoms with Crippen molar-refractivity contribution in [3.63, 3.8) is 0 Å². The van der Waals surface area contributed by atoms with Gasteiger partial charge >= 0.3 is 0 Å². The number of fused-ring (bicyclic) bond motifs is 3. The molecule has 5 aromatic rings. The van der Waals surface area contributed by atoms with Gasteiger partial charge in [0.2, 0.25) is 11.5 Å². The Morgan fingerprint density at radius 2 is 1.88 bits per heavy atom. The van der Waals surface area contributed by atoms with Gasteiger partial charge in [-0.05, 0) is 44.0 Å². The van der Waals surface area contributed by atoms with E-state index in [1.165, 1.54) is 11.8 Å². The first-order valence-corrected chi connectivity index (χ1v) is 12.3. The second-order valence-corrected chi connectivity index (χ2v) is 9.34. The first-order valence-electron chi connectivity index (χ1n) is 11.4. The maximum absolute atomic E-state index is 13.5. The summed E-state index contributed by atoms with van der Waals surface area (Å²) in [5.41, 5.74) is 3.12. The Labute approximate surface area is 199 Å². The van der Waals surface area contributed by atoms with Crippen LogP contribution in [0.1, 0.15) is 24.3 Å². The van der Waals surface area contributed by atoms with Crippen LogP contribution < -0.4 is 5.56 Å². The zero-order valence-corrected chi connectivity index (χ0v) is 19.5. The molecular formula is C26H23N3O4S. The lowest BCUT2D eigenvalue weighted by Gasteiger charge is -2.15. The van der Waals surface area contributed by atoms with Crippen LogP contribution >= 0.6 is 11.8 Å². The van der Waals surface area contributed by atoms with Crippen molar-refractivity contribution in [2.24, 2.45) is 0 Å². The number of thioether (sulfide) groups is 1. The van der Waals surface area contributed by atoms with Crippen LogP contribution in [0.15, 0.2) is 73.4 Å². The number of hydrogen-bond acceptors (Lipinski definition) is 7. The summed E-state index contributed by atoms with van der Waals surface area (Å²) in [7, 11) is 0. The van der Waals surface area contributed by atoms with Crippen LogP contribution in [-0.2, 0) is 17.0 Å². The SMILES string of the molecule is Cc1oc(-c2ccccc2)nc1CSc1nc2c(oc3ccccc32)c(=O)n1C[C@@H]1CCCO1. The Morgan fingerprint density at radius 3 is 2.71 bits per heavy atom. The summed E-state index contributed by atoms with van der Waals surface area (Å²) in [6, 6.07) is 17.4. The quantitative estimate of drug-likeness (QED) is 0.235. The van der Waals surface area contributed by atoms with E-state index in [4.69, 9.17) is 23.5 Å². The van der Waals surface area contributed by atoms with Crippen molar-refractivity contribution in [3.8, 4) is 11.5 Å². The topological polar surface area (TPSA) is 83.3 Å². The molecule has 4 heterocycles. The minimum absolute atomic E-state index is 0.000789. The second-order valence-electron chi connectivity index (χ2n) is 8.40. The zero-order chi connectivity index (χ0) is 23.1. The third kappa shape index (κ3) is 3.82. The maximum atomic E-state index is 13.5. The molecule has 0 bridgehead atoms. The number of ether oxygens (including phenoxy) is 1. The number of furan rings is 1. The lowest BCUT2D eigenvalue weighted by atomic mass is 10.2. The zero-order valence-electron chi connectivity index (χ0n) is 18.7. The molecule has 8 heteroatoms. The molecule has 0 aliphatic carbocycles. The molecule has 0 radical (unpaired) electrons. The van der Waals surface area contributed by atoms with Crippen LogP contribution in [-0.4, -0.2) is 27.2 Å². The van der Waals surface area contributed by atoms with Crippen molar-refractivity contribution >= 4 is 33.8 Å². The number of oxazole rings is 1. The van der Waals surface area contributed by atoms with E-state index >= 15 is 0 Å². The minimum atomic E-state index is -0.180. The largest absolute Gasteiger partial charge is 0.448 e. The molecule has 172 valence electrons. The van der Waals surface area contributed by atoms with Crippen LogP contribution in [0.5, 0.6) is 0 Å². The van der Waals surface area contributed by atoms with Crippen LogP contribution in [0, 0.1) is 6.92 Å². The first-order chi connectivity index (χ1) is 16.7. The van der Waals surface area contributed by atoms with Crippen molar-refractivity contribution in [2.45, 2.75) is 43.3 Å². The van der Waals surface area contributed by atoms with E-state index in [1.54, 1.807) is 4.57 Å². The Bertz CT molecular complexity index is 1530. The van der Waals surface area contributed by atoms with Crippen molar-refractivity contribution in [1.82, 2.24) is 14.5 Å². The highest BCUT2D eigenvalue weighted by Crippen LogP contribution is 2.30. The smallest absolute Gasteiger partial charge is 0.297 e. The van der Waals surface area contributed by atoms with Crippen molar-refractivity contribution in [1.29, 1.82) is 0 Å². The number of aryl methyl sites for hydroxylation is 1. The molecule has 6 rings (SSSR count). The van der Waals surface area contributed by atoms with Gasteiger partial charge in [-0.2, -0.15) is 0 Å². The molecule has 0 unspecified atom stereocenters. The number of benzene rings is 2. The molecule has 34 heavy (non-hydrogen) atoms. The molecule has 0 saturated carbocycles.